The molecule has 2 aromatic carbocycles. The van der Waals surface area contributed by atoms with Gasteiger partial charge in [-0.25, -0.2) is 4.98 Å². The Morgan fingerprint density at radius 2 is 1.91 bits per heavy atom. The molecule has 0 atom stereocenters. The molecule has 23 heavy (non-hydrogen) atoms. The molecule has 3 aromatic rings. The number of rotatable bonds is 4. The molecule has 3 rings (SSSR count). The molecule has 0 spiro atoms. The van der Waals surface area contributed by atoms with Crippen LogP contribution in [0.25, 0.3) is 16.6 Å². The lowest BCUT2D eigenvalue weighted by molar-refractivity contribution is 0.818. The fourth-order valence-electron chi connectivity index (χ4n) is 2.32. The summed E-state index contributed by atoms with van der Waals surface area (Å²) >= 11 is 1.57. The third-order valence-corrected chi connectivity index (χ3v) is 4.58. The Hall–Kier alpha value is -2.58. The van der Waals surface area contributed by atoms with Gasteiger partial charge in [0, 0.05) is 5.75 Å². The minimum Gasteiger partial charge on any atom is -0.268 e. The molecule has 0 aliphatic heterocycles. The Balaban J connectivity index is 2.25. The van der Waals surface area contributed by atoms with Gasteiger partial charge in [0.05, 0.1) is 28.2 Å². The highest BCUT2D eigenvalue weighted by Crippen LogP contribution is 2.22. The molecule has 0 unspecified atom stereocenters. The summed E-state index contributed by atoms with van der Waals surface area (Å²) in [6.45, 7) is 2.10. The second-order valence-corrected chi connectivity index (χ2v) is 6.12. The first-order chi connectivity index (χ1) is 11.2. The van der Waals surface area contributed by atoms with Crippen LogP contribution >= 0.6 is 11.8 Å². The van der Waals surface area contributed by atoms with Gasteiger partial charge in [-0.2, -0.15) is 5.26 Å². The number of aromatic nitrogens is 2. The van der Waals surface area contributed by atoms with Crippen molar-refractivity contribution in [2.45, 2.75) is 18.5 Å². The summed E-state index contributed by atoms with van der Waals surface area (Å²) in [5.41, 5.74) is 1.92. The highest BCUT2D eigenvalue weighted by Gasteiger charge is 2.12. The van der Waals surface area contributed by atoms with Crippen molar-refractivity contribution in [1.82, 2.24) is 9.55 Å². The predicted molar refractivity (Wildman–Crippen MR) is 93.1 cm³/mol. The Bertz CT molecular complexity index is 939. The predicted octanol–water partition coefficient (Wildman–Crippen LogP) is 3.76. The van der Waals surface area contributed by atoms with Crippen molar-refractivity contribution in [2.75, 3.05) is 5.75 Å². The number of fused-ring (bicyclic) bond motifs is 1. The van der Waals surface area contributed by atoms with E-state index in [0.29, 0.717) is 21.6 Å². The first-order valence-corrected chi connectivity index (χ1v) is 8.38. The van der Waals surface area contributed by atoms with Crippen molar-refractivity contribution in [3.8, 4) is 11.8 Å². The van der Waals surface area contributed by atoms with Crippen molar-refractivity contribution in [3.05, 3.63) is 64.4 Å². The standard InChI is InChI=1S/C18H15N3OS/c1-2-11-23-18-20-16-6-4-3-5-15(16)17(22)21(18)14-9-7-13(12-19)8-10-14/h3-10H,2,11H2,1H3. The average Bonchev–Trinajstić information content (AvgIpc) is 2.60. The number of thioether (sulfide) groups is 1. The van der Waals surface area contributed by atoms with Gasteiger partial charge in [-0.15, -0.1) is 0 Å². The first kappa shape index (κ1) is 15.3. The monoisotopic (exact) mass is 321 g/mol. The van der Waals surface area contributed by atoms with E-state index in [-0.39, 0.29) is 5.56 Å². The Kier molecular flexibility index (Phi) is 4.45. The molecule has 1 aromatic heterocycles. The average molecular weight is 321 g/mol. The number of benzene rings is 2. The third-order valence-electron chi connectivity index (χ3n) is 3.43. The molecule has 4 nitrogen and oxygen atoms in total. The maximum Gasteiger partial charge on any atom is 0.266 e. The summed E-state index contributed by atoms with van der Waals surface area (Å²) in [5.74, 6) is 0.890. The van der Waals surface area contributed by atoms with Crippen molar-refractivity contribution >= 4 is 22.7 Å². The second-order valence-electron chi connectivity index (χ2n) is 5.06. The third kappa shape index (κ3) is 2.99. The molecule has 0 saturated carbocycles. The summed E-state index contributed by atoms with van der Waals surface area (Å²) in [7, 11) is 0. The minimum absolute atomic E-state index is 0.0843. The van der Waals surface area contributed by atoms with Crippen LogP contribution in [0.1, 0.15) is 18.9 Å². The summed E-state index contributed by atoms with van der Waals surface area (Å²) in [6.07, 6.45) is 1.00. The van der Waals surface area contributed by atoms with Crippen LogP contribution in [0.4, 0.5) is 0 Å². The van der Waals surface area contributed by atoms with E-state index in [1.807, 2.05) is 18.2 Å². The highest BCUT2D eigenvalue weighted by molar-refractivity contribution is 7.99. The molecule has 0 N–H and O–H groups in total. The topological polar surface area (TPSA) is 58.7 Å². The van der Waals surface area contributed by atoms with Crippen LogP contribution in [0, 0.1) is 11.3 Å². The molecule has 0 amide bonds. The number of hydrogen-bond acceptors (Lipinski definition) is 4. The van der Waals surface area contributed by atoms with Crippen molar-refractivity contribution in [1.29, 1.82) is 5.26 Å². The maximum atomic E-state index is 12.9. The lowest BCUT2D eigenvalue weighted by Gasteiger charge is -2.13. The van der Waals surface area contributed by atoms with Crippen LogP contribution in [0.2, 0.25) is 0 Å². The number of nitriles is 1. The van der Waals surface area contributed by atoms with Crippen LogP contribution in [-0.4, -0.2) is 15.3 Å². The Morgan fingerprint density at radius 1 is 1.17 bits per heavy atom. The van der Waals surface area contributed by atoms with Gasteiger partial charge in [0.2, 0.25) is 0 Å². The summed E-state index contributed by atoms with van der Waals surface area (Å²) in [4.78, 5) is 17.6. The normalized spacial score (nSPS) is 10.6. The molecule has 0 bridgehead atoms. The van der Waals surface area contributed by atoms with E-state index in [1.54, 1.807) is 46.7 Å². The summed E-state index contributed by atoms with van der Waals surface area (Å²) < 4.78 is 1.63. The van der Waals surface area contributed by atoms with Crippen LogP contribution in [0.5, 0.6) is 0 Å². The largest absolute Gasteiger partial charge is 0.268 e. The molecule has 1 heterocycles. The molecule has 114 valence electrons. The molecule has 0 aliphatic rings. The van der Waals surface area contributed by atoms with Crippen molar-refractivity contribution in [2.24, 2.45) is 0 Å². The second kappa shape index (κ2) is 6.67. The lowest BCUT2D eigenvalue weighted by atomic mass is 10.2. The molecule has 0 radical (unpaired) electrons. The first-order valence-electron chi connectivity index (χ1n) is 7.39. The number of para-hydroxylation sites is 1. The lowest BCUT2D eigenvalue weighted by Crippen LogP contribution is -2.21. The van der Waals surface area contributed by atoms with E-state index in [9.17, 15) is 4.79 Å². The van der Waals surface area contributed by atoms with Crippen LogP contribution in [0.15, 0.2) is 58.5 Å². The SMILES string of the molecule is CCCSc1nc2ccccc2c(=O)n1-c1ccc(C#N)cc1. The zero-order valence-corrected chi connectivity index (χ0v) is 13.5. The summed E-state index contributed by atoms with van der Waals surface area (Å²) in [6, 6.07) is 16.5. The van der Waals surface area contributed by atoms with Crippen LogP contribution < -0.4 is 5.56 Å². The van der Waals surface area contributed by atoms with E-state index in [4.69, 9.17) is 5.26 Å². The van der Waals surface area contributed by atoms with Gasteiger partial charge in [-0.05, 0) is 42.8 Å². The Labute approximate surface area is 138 Å². The smallest absolute Gasteiger partial charge is 0.266 e. The van der Waals surface area contributed by atoms with Crippen LogP contribution in [0.3, 0.4) is 0 Å². The zero-order valence-electron chi connectivity index (χ0n) is 12.7. The van der Waals surface area contributed by atoms with E-state index in [0.717, 1.165) is 17.9 Å². The van der Waals surface area contributed by atoms with E-state index in [2.05, 4.69) is 18.0 Å². The zero-order chi connectivity index (χ0) is 16.2. The van der Waals surface area contributed by atoms with Crippen molar-refractivity contribution in [3.63, 3.8) is 0 Å². The van der Waals surface area contributed by atoms with Gasteiger partial charge in [0.1, 0.15) is 0 Å². The number of hydrogen-bond donors (Lipinski definition) is 0. The molecular weight excluding hydrogens is 306 g/mol. The maximum absolute atomic E-state index is 12.9. The van der Waals surface area contributed by atoms with E-state index < -0.39 is 0 Å². The summed E-state index contributed by atoms with van der Waals surface area (Å²) in [5, 5.41) is 10.2. The van der Waals surface area contributed by atoms with Gasteiger partial charge < -0.3 is 0 Å². The fourth-order valence-corrected chi connectivity index (χ4v) is 3.18. The van der Waals surface area contributed by atoms with Crippen LogP contribution in [-0.2, 0) is 0 Å². The van der Waals surface area contributed by atoms with Crippen molar-refractivity contribution < 1.29 is 0 Å². The van der Waals surface area contributed by atoms with Gasteiger partial charge >= 0.3 is 0 Å². The molecule has 0 fully saturated rings. The minimum atomic E-state index is -0.0843. The van der Waals surface area contributed by atoms with E-state index in [1.165, 1.54) is 0 Å². The molecular formula is C18H15N3OS. The number of nitrogens with zero attached hydrogens (tertiary/aromatic N) is 3. The van der Waals surface area contributed by atoms with Gasteiger partial charge in [0.25, 0.3) is 5.56 Å². The molecule has 5 heteroatoms. The van der Waals surface area contributed by atoms with Gasteiger partial charge in [0.15, 0.2) is 5.16 Å². The van der Waals surface area contributed by atoms with Gasteiger partial charge in [-0.1, -0.05) is 30.8 Å². The fraction of sp³-hybridized carbons (Fsp3) is 0.167. The molecule has 0 saturated heterocycles. The Morgan fingerprint density at radius 3 is 2.61 bits per heavy atom. The quantitative estimate of drug-likeness (QED) is 0.542. The van der Waals surface area contributed by atoms with Gasteiger partial charge in [-0.3, -0.25) is 9.36 Å². The highest BCUT2D eigenvalue weighted by atomic mass is 32.2. The van der Waals surface area contributed by atoms with E-state index >= 15 is 0 Å². The molecule has 0 aliphatic carbocycles.